The summed E-state index contributed by atoms with van der Waals surface area (Å²) in [6.45, 7) is 2.07. The SMILES string of the molecule is Cc1ccncc1C(NN)c1c[nH]c2ccccc12. The highest BCUT2D eigenvalue weighted by Crippen LogP contribution is 2.29. The largest absolute Gasteiger partial charge is 0.361 e. The van der Waals surface area contributed by atoms with Gasteiger partial charge in [0, 0.05) is 35.1 Å². The van der Waals surface area contributed by atoms with Crippen LogP contribution in [-0.2, 0) is 0 Å². The van der Waals surface area contributed by atoms with Crippen LogP contribution in [0.5, 0.6) is 0 Å². The normalized spacial score (nSPS) is 12.7. The van der Waals surface area contributed by atoms with E-state index in [0.29, 0.717) is 0 Å². The molecule has 2 aromatic heterocycles. The number of hydrazine groups is 1. The Morgan fingerprint density at radius 1 is 1.21 bits per heavy atom. The fourth-order valence-electron chi connectivity index (χ4n) is 2.46. The number of aromatic amines is 1. The number of nitrogens with zero attached hydrogens (tertiary/aromatic N) is 1. The number of fused-ring (bicyclic) bond motifs is 1. The van der Waals surface area contributed by atoms with Crippen LogP contribution >= 0.6 is 0 Å². The second-order valence-corrected chi connectivity index (χ2v) is 4.62. The number of nitrogens with two attached hydrogens (primary N) is 1. The molecule has 4 N–H and O–H groups in total. The zero-order valence-electron chi connectivity index (χ0n) is 10.7. The molecule has 0 aliphatic heterocycles. The van der Waals surface area contributed by atoms with Gasteiger partial charge in [-0.05, 0) is 30.2 Å². The summed E-state index contributed by atoms with van der Waals surface area (Å²) in [5.41, 5.74) is 7.40. The second kappa shape index (κ2) is 4.84. The molecule has 0 aliphatic carbocycles. The molecule has 4 nitrogen and oxygen atoms in total. The molecule has 0 radical (unpaired) electrons. The Hall–Kier alpha value is -2.17. The van der Waals surface area contributed by atoms with E-state index in [9.17, 15) is 0 Å². The molecule has 1 unspecified atom stereocenters. The van der Waals surface area contributed by atoms with E-state index in [2.05, 4.69) is 34.5 Å². The number of hydrogen-bond acceptors (Lipinski definition) is 3. The minimum Gasteiger partial charge on any atom is -0.361 e. The van der Waals surface area contributed by atoms with Crippen LogP contribution in [0.2, 0.25) is 0 Å². The third kappa shape index (κ3) is 2.01. The molecule has 19 heavy (non-hydrogen) atoms. The van der Waals surface area contributed by atoms with Crippen molar-refractivity contribution in [1.82, 2.24) is 15.4 Å². The number of pyridine rings is 1. The molecule has 0 saturated heterocycles. The van der Waals surface area contributed by atoms with Crippen molar-refractivity contribution in [3.8, 4) is 0 Å². The van der Waals surface area contributed by atoms with Crippen LogP contribution in [0.25, 0.3) is 10.9 Å². The highest BCUT2D eigenvalue weighted by molar-refractivity contribution is 5.84. The monoisotopic (exact) mass is 252 g/mol. The Kier molecular flexibility index (Phi) is 3.03. The number of rotatable bonds is 3. The first-order valence-corrected chi connectivity index (χ1v) is 6.24. The quantitative estimate of drug-likeness (QED) is 0.495. The average Bonchev–Trinajstić information content (AvgIpc) is 2.86. The lowest BCUT2D eigenvalue weighted by Crippen LogP contribution is -2.29. The number of nitrogens with one attached hydrogen (secondary N) is 2. The number of para-hydroxylation sites is 1. The molecule has 2 heterocycles. The number of aryl methyl sites for hydroxylation is 1. The molecule has 0 fully saturated rings. The van der Waals surface area contributed by atoms with Gasteiger partial charge in [-0.25, -0.2) is 5.43 Å². The van der Waals surface area contributed by atoms with Gasteiger partial charge in [-0.2, -0.15) is 0 Å². The smallest absolute Gasteiger partial charge is 0.0748 e. The van der Waals surface area contributed by atoms with Gasteiger partial charge < -0.3 is 4.98 Å². The van der Waals surface area contributed by atoms with Gasteiger partial charge in [0.25, 0.3) is 0 Å². The third-order valence-corrected chi connectivity index (χ3v) is 3.49. The maximum absolute atomic E-state index is 5.76. The molecule has 0 spiro atoms. The summed E-state index contributed by atoms with van der Waals surface area (Å²) in [6.07, 6.45) is 5.66. The maximum atomic E-state index is 5.76. The summed E-state index contributed by atoms with van der Waals surface area (Å²) in [4.78, 5) is 7.47. The predicted octanol–water partition coefficient (Wildman–Crippen LogP) is 2.42. The molecule has 0 amide bonds. The van der Waals surface area contributed by atoms with Crippen molar-refractivity contribution in [3.63, 3.8) is 0 Å². The molecule has 1 atom stereocenters. The van der Waals surface area contributed by atoms with Crippen LogP contribution in [-0.4, -0.2) is 9.97 Å². The number of hydrogen-bond donors (Lipinski definition) is 3. The maximum Gasteiger partial charge on any atom is 0.0748 e. The molecule has 4 heteroatoms. The number of aromatic nitrogens is 2. The summed E-state index contributed by atoms with van der Waals surface area (Å²) >= 11 is 0. The molecule has 3 aromatic rings. The van der Waals surface area contributed by atoms with E-state index in [4.69, 9.17) is 5.84 Å². The number of H-pyrrole nitrogens is 1. The van der Waals surface area contributed by atoms with Gasteiger partial charge in [-0.3, -0.25) is 10.8 Å². The minimum absolute atomic E-state index is 0.0650. The molecular formula is C15H16N4. The minimum atomic E-state index is -0.0650. The zero-order chi connectivity index (χ0) is 13.2. The lowest BCUT2D eigenvalue weighted by Gasteiger charge is -2.17. The zero-order valence-corrected chi connectivity index (χ0v) is 10.7. The van der Waals surface area contributed by atoms with Crippen molar-refractivity contribution in [2.24, 2.45) is 5.84 Å². The summed E-state index contributed by atoms with van der Waals surface area (Å²) in [6, 6.07) is 10.1. The van der Waals surface area contributed by atoms with Crippen LogP contribution in [0.4, 0.5) is 0 Å². The van der Waals surface area contributed by atoms with E-state index in [1.807, 2.05) is 30.6 Å². The Morgan fingerprint density at radius 2 is 2.05 bits per heavy atom. The van der Waals surface area contributed by atoms with Gasteiger partial charge in [-0.1, -0.05) is 18.2 Å². The van der Waals surface area contributed by atoms with E-state index in [1.165, 1.54) is 10.9 Å². The van der Waals surface area contributed by atoms with Gasteiger partial charge in [-0.15, -0.1) is 0 Å². The summed E-state index contributed by atoms with van der Waals surface area (Å²) in [7, 11) is 0. The molecule has 0 aliphatic rings. The molecular weight excluding hydrogens is 236 g/mol. The Labute approximate surface area is 111 Å². The Morgan fingerprint density at radius 3 is 2.84 bits per heavy atom. The van der Waals surface area contributed by atoms with Crippen LogP contribution in [0.3, 0.4) is 0 Å². The van der Waals surface area contributed by atoms with E-state index < -0.39 is 0 Å². The summed E-state index contributed by atoms with van der Waals surface area (Å²) < 4.78 is 0. The van der Waals surface area contributed by atoms with Crippen LogP contribution in [0.1, 0.15) is 22.7 Å². The van der Waals surface area contributed by atoms with Crippen LogP contribution < -0.4 is 11.3 Å². The second-order valence-electron chi connectivity index (χ2n) is 4.62. The van der Waals surface area contributed by atoms with Crippen LogP contribution in [0.15, 0.2) is 48.9 Å². The summed E-state index contributed by atoms with van der Waals surface area (Å²) in [5.74, 6) is 5.76. The lowest BCUT2D eigenvalue weighted by atomic mass is 9.97. The first kappa shape index (κ1) is 11.9. The highest BCUT2D eigenvalue weighted by atomic mass is 15.2. The Balaban J connectivity index is 2.15. The lowest BCUT2D eigenvalue weighted by molar-refractivity contribution is 0.635. The number of benzene rings is 1. The van der Waals surface area contributed by atoms with Crippen molar-refractivity contribution in [1.29, 1.82) is 0 Å². The van der Waals surface area contributed by atoms with E-state index in [0.717, 1.165) is 16.6 Å². The third-order valence-electron chi connectivity index (χ3n) is 3.49. The average molecular weight is 252 g/mol. The Bertz CT molecular complexity index is 702. The van der Waals surface area contributed by atoms with E-state index in [1.54, 1.807) is 6.20 Å². The fourth-order valence-corrected chi connectivity index (χ4v) is 2.46. The van der Waals surface area contributed by atoms with Crippen LogP contribution in [0, 0.1) is 6.92 Å². The van der Waals surface area contributed by atoms with Gasteiger partial charge in [0.15, 0.2) is 0 Å². The van der Waals surface area contributed by atoms with Gasteiger partial charge >= 0.3 is 0 Å². The first-order valence-electron chi connectivity index (χ1n) is 6.24. The highest BCUT2D eigenvalue weighted by Gasteiger charge is 2.18. The predicted molar refractivity (Wildman–Crippen MR) is 76.4 cm³/mol. The standard InChI is InChI=1S/C15H16N4/c1-10-6-7-17-8-12(10)15(19-16)13-9-18-14-5-3-2-4-11(13)14/h2-9,15,18-19H,16H2,1H3. The fraction of sp³-hybridized carbons (Fsp3) is 0.133. The van der Waals surface area contributed by atoms with Crippen molar-refractivity contribution in [2.45, 2.75) is 13.0 Å². The molecule has 3 rings (SSSR count). The molecule has 0 saturated carbocycles. The van der Waals surface area contributed by atoms with Crippen molar-refractivity contribution in [3.05, 3.63) is 65.6 Å². The summed E-state index contributed by atoms with van der Waals surface area (Å²) in [5, 5.41) is 1.17. The molecule has 0 bridgehead atoms. The van der Waals surface area contributed by atoms with Crippen molar-refractivity contribution >= 4 is 10.9 Å². The van der Waals surface area contributed by atoms with Gasteiger partial charge in [0.2, 0.25) is 0 Å². The topological polar surface area (TPSA) is 66.7 Å². The molecule has 1 aromatic carbocycles. The van der Waals surface area contributed by atoms with Gasteiger partial charge in [0.05, 0.1) is 6.04 Å². The van der Waals surface area contributed by atoms with Gasteiger partial charge in [0.1, 0.15) is 0 Å². The molecule has 96 valence electrons. The first-order chi connectivity index (χ1) is 9.31. The van der Waals surface area contributed by atoms with Crippen molar-refractivity contribution in [2.75, 3.05) is 0 Å². The van der Waals surface area contributed by atoms with Crippen molar-refractivity contribution < 1.29 is 0 Å². The van der Waals surface area contributed by atoms with E-state index >= 15 is 0 Å². The van der Waals surface area contributed by atoms with E-state index in [-0.39, 0.29) is 6.04 Å².